The van der Waals surface area contributed by atoms with Gasteiger partial charge in [-0.15, -0.1) is 0 Å². The molecular formula is C13H28N2O4Si. The third kappa shape index (κ3) is 4.18. The molecule has 0 aliphatic carbocycles. The minimum absolute atomic E-state index is 0.0266. The smallest absolute Gasteiger partial charge is 0.377 e. The Morgan fingerprint density at radius 2 is 1.90 bits per heavy atom. The quantitative estimate of drug-likeness (QED) is 0.626. The van der Waals surface area contributed by atoms with Crippen LogP contribution in [0.2, 0.25) is 5.54 Å². The van der Waals surface area contributed by atoms with Gasteiger partial charge in [0.05, 0.1) is 0 Å². The van der Waals surface area contributed by atoms with Gasteiger partial charge in [0, 0.05) is 46.5 Å². The molecule has 20 heavy (non-hydrogen) atoms. The Balaban J connectivity index is 2.64. The number of carbonyl (C=O) groups excluding carboxylic acids is 1. The van der Waals surface area contributed by atoms with Crippen LogP contribution in [0, 0.1) is 0 Å². The highest BCUT2D eigenvalue weighted by atomic mass is 28.4. The van der Waals surface area contributed by atoms with Gasteiger partial charge in [0.1, 0.15) is 0 Å². The molecule has 1 N–H and O–H groups in total. The van der Waals surface area contributed by atoms with Crippen LogP contribution in [0.15, 0.2) is 0 Å². The lowest BCUT2D eigenvalue weighted by atomic mass is 10.1. The Morgan fingerprint density at radius 3 is 2.35 bits per heavy atom. The van der Waals surface area contributed by atoms with Crippen molar-refractivity contribution < 1.29 is 18.1 Å². The Bertz CT molecular complexity index is 292. The Labute approximate surface area is 123 Å². The minimum atomic E-state index is -2.64. The van der Waals surface area contributed by atoms with Crippen LogP contribution in [0.5, 0.6) is 0 Å². The molecule has 1 saturated heterocycles. The molecule has 1 heterocycles. The van der Waals surface area contributed by atoms with E-state index in [0.29, 0.717) is 0 Å². The van der Waals surface area contributed by atoms with E-state index in [1.807, 2.05) is 4.90 Å². The van der Waals surface area contributed by atoms with Crippen LogP contribution in [-0.2, 0) is 13.3 Å². The Morgan fingerprint density at radius 1 is 1.25 bits per heavy atom. The van der Waals surface area contributed by atoms with Gasteiger partial charge in [-0.3, -0.25) is 0 Å². The molecule has 1 atom stereocenters. The summed E-state index contributed by atoms with van der Waals surface area (Å²) in [5.74, 6) is 0. The maximum atomic E-state index is 11.6. The fourth-order valence-electron chi connectivity index (χ4n) is 2.73. The molecule has 0 bridgehead atoms. The van der Waals surface area contributed by atoms with Crippen LogP contribution >= 0.6 is 0 Å². The van der Waals surface area contributed by atoms with Gasteiger partial charge in [0.15, 0.2) is 0 Å². The SMILES string of the molecule is CCCCC(CCN1CCNC1=O)[Si](OC)(OC)OC. The summed E-state index contributed by atoms with van der Waals surface area (Å²) in [6.07, 6.45) is 4.10. The molecule has 2 amide bonds. The standard InChI is InChI=1S/C13H28N2O4Si/c1-5-6-7-12(20(17-2,18-3)19-4)8-10-15-11-9-14-13(15)16/h12H,5-11H2,1-4H3,(H,14,16). The van der Waals surface area contributed by atoms with Crippen molar-refractivity contribution in [2.75, 3.05) is 41.0 Å². The van der Waals surface area contributed by atoms with E-state index in [0.717, 1.165) is 45.3 Å². The van der Waals surface area contributed by atoms with Crippen LogP contribution in [0.25, 0.3) is 0 Å². The van der Waals surface area contributed by atoms with E-state index in [1.54, 1.807) is 21.3 Å². The normalized spacial score (nSPS) is 17.4. The second-order valence-electron chi connectivity index (χ2n) is 5.06. The highest BCUT2D eigenvalue weighted by Crippen LogP contribution is 2.32. The van der Waals surface area contributed by atoms with Crippen LogP contribution in [-0.4, -0.2) is 60.7 Å². The highest BCUT2D eigenvalue weighted by Gasteiger charge is 2.46. The number of unbranched alkanes of at least 4 members (excludes halogenated alkanes) is 1. The van der Waals surface area contributed by atoms with Gasteiger partial charge < -0.3 is 23.5 Å². The molecule has 7 heteroatoms. The van der Waals surface area contributed by atoms with Crippen LogP contribution < -0.4 is 5.32 Å². The van der Waals surface area contributed by atoms with Gasteiger partial charge in [0.2, 0.25) is 0 Å². The molecule has 0 saturated carbocycles. The lowest BCUT2D eigenvalue weighted by Crippen LogP contribution is -2.48. The Kier molecular flexibility index (Phi) is 7.50. The van der Waals surface area contributed by atoms with Crippen molar-refractivity contribution in [3.63, 3.8) is 0 Å². The number of hydrogen-bond donors (Lipinski definition) is 1. The number of hydrogen-bond acceptors (Lipinski definition) is 4. The molecule has 0 aromatic heterocycles. The average molecular weight is 304 g/mol. The number of carbonyl (C=O) groups is 1. The summed E-state index contributed by atoms with van der Waals surface area (Å²) < 4.78 is 16.8. The predicted octanol–water partition coefficient (Wildman–Crippen LogP) is 1.84. The summed E-state index contributed by atoms with van der Waals surface area (Å²) in [6, 6.07) is 0.0266. The third-order valence-electron chi connectivity index (χ3n) is 3.95. The molecule has 1 rings (SSSR count). The highest BCUT2D eigenvalue weighted by molar-refractivity contribution is 6.62. The first-order valence-electron chi connectivity index (χ1n) is 7.31. The van der Waals surface area contributed by atoms with Gasteiger partial charge in [-0.25, -0.2) is 4.79 Å². The molecule has 6 nitrogen and oxygen atoms in total. The Hall–Kier alpha value is -0.633. The molecule has 118 valence electrons. The molecule has 1 fully saturated rings. The van der Waals surface area contributed by atoms with Crippen LogP contribution in [0.4, 0.5) is 4.79 Å². The zero-order valence-electron chi connectivity index (χ0n) is 13.1. The van der Waals surface area contributed by atoms with Crippen molar-refractivity contribution >= 4 is 14.8 Å². The molecule has 0 aromatic rings. The zero-order chi connectivity index (χ0) is 15.0. The van der Waals surface area contributed by atoms with Gasteiger partial charge in [-0.2, -0.15) is 0 Å². The number of urea groups is 1. The van der Waals surface area contributed by atoms with E-state index in [2.05, 4.69) is 12.2 Å². The van der Waals surface area contributed by atoms with E-state index < -0.39 is 8.80 Å². The predicted molar refractivity (Wildman–Crippen MR) is 79.6 cm³/mol. The van der Waals surface area contributed by atoms with Crippen molar-refractivity contribution in [3.8, 4) is 0 Å². The van der Waals surface area contributed by atoms with Crippen LogP contribution in [0.1, 0.15) is 32.6 Å². The summed E-state index contributed by atoms with van der Waals surface area (Å²) in [5.41, 5.74) is 0.232. The molecule has 0 aromatic carbocycles. The number of rotatable bonds is 10. The largest absolute Gasteiger partial charge is 0.503 e. The van der Waals surface area contributed by atoms with Crippen molar-refractivity contribution in [3.05, 3.63) is 0 Å². The van der Waals surface area contributed by atoms with Gasteiger partial charge in [-0.1, -0.05) is 19.8 Å². The third-order valence-corrected chi connectivity index (χ3v) is 7.24. The second-order valence-corrected chi connectivity index (χ2v) is 8.31. The van der Waals surface area contributed by atoms with E-state index in [-0.39, 0.29) is 11.6 Å². The molecular weight excluding hydrogens is 276 g/mol. The first kappa shape index (κ1) is 17.4. The maximum absolute atomic E-state index is 11.6. The van der Waals surface area contributed by atoms with Crippen LogP contribution in [0.3, 0.4) is 0 Å². The fraction of sp³-hybridized carbons (Fsp3) is 0.923. The minimum Gasteiger partial charge on any atom is -0.377 e. The second kappa shape index (κ2) is 8.61. The van der Waals surface area contributed by atoms with Crippen molar-refractivity contribution in [1.29, 1.82) is 0 Å². The number of nitrogens with zero attached hydrogens (tertiary/aromatic N) is 1. The molecule has 1 aliphatic heterocycles. The lowest BCUT2D eigenvalue weighted by molar-refractivity contribution is 0.106. The van der Waals surface area contributed by atoms with Gasteiger partial charge in [0.25, 0.3) is 0 Å². The van der Waals surface area contributed by atoms with Crippen molar-refractivity contribution in [1.82, 2.24) is 10.2 Å². The van der Waals surface area contributed by atoms with E-state index in [4.69, 9.17) is 13.3 Å². The topological polar surface area (TPSA) is 60.0 Å². The first-order valence-corrected chi connectivity index (χ1v) is 9.12. The van der Waals surface area contributed by atoms with E-state index in [9.17, 15) is 4.79 Å². The zero-order valence-corrected chi connectivity index (χ0v) is 14.1. The van der Waals surface area contributed by atoms with E-state index >= 15 is 0 Å². The maximum Gasteiger partial charge on any atom is 0.503 e. The number of nitrogens with one attached hydrogen (secondary N) is 1. The summed E-state index contributed by atoms with van der Waals surface area (Å²) in [7, 11) is 2.32. The summed E-state index contributed by atoms with van der Waals surface area (Å²) >= 11 is 0. The molecule has 0 radical (unpaired) electrons. The molecule has 1 aliphatic rings. The molecule has 0 spiro atoms. The molecule has 1 unspecified atom stereocenters. The lowest BCUT2D eigenvalue weighted by Gasteiger charge is -2.33. The summed E-state index contributed by atoms with van der Waals surface area (Å²) in [4.78, 5) is 13.4. The summed E-state index contributed by atoms with van der Waals surface area (Å²) in [6.45, 7) is 4.41. The average Bonchev–Trinajstić information content (AvgIpc) is 2.88. The van der Waals surface area contributed by atoms with Crippen molar-refractivity contribution in [2.45, 2.75) is 38.1 Å². The van der Waals surface area contributed by atoms with E-state index in [1.165, 1.54) is 0 Å². The monoisotopic (exact) mass is 304 g/mol. The fourth-order valence-corrected chi connectivity index (χ4v) is 5.27. The number of amides is 2. The van der Waals surface area contributed by atoms with Crippen molar-refractivity contribution in [2.24, 2.45) is 0 Å². The van der Waals surface area contributed by atoms with Gasteiger partial charge in [-0.05, 0) is 12.8 Å². The summed E-state index contributed by atoms with van der Waals surface area (Å²) in [5, 5.41) is 2.82. The first-order chi connectivity index (χ1) is 9.63. The van der Waals surface area contributed by atoms with Gasteiger partial charge >= 0.3 is 14.8 Å².